The molecular weight excluding hydrogens is 222 g/mol. The van der Waals surface area contributed by atoms with E-state index < -0.39 is 0 Å². The number of fused-ring (bicyclic) bond motifs is 1. The lowest BCUT2D eigenvalue weighted by molar-refractivity contribution is 0.844. The van der Waals surface area contributed by atoms with Gasteiger partial charge in [-0.25, -0.2) is 9.78 Å². The van der Waals surface area contributed by atoms with Crippen molar-refractivity contribution in [3.8, 4) is 0 Å². The van der Waals surface area contributed by atoms with Crippen molar-refractivity contribution in [1.29, 1.82) is 0 Å². The van der Waals surface area contributed by atoms with Crippen molar-refractivity contribution in [1.82, 2.24) is 14.4 Å². The number of aromatic nitrogens is 3. The fourth-order valence-electron chi connectivity index (χ4n) is 1.30. The van der Waals surface area contributed by atoms with Gasteiger partial charge in [-0.3, -0.25) is 4.40 Å². The Kier molecular flexibility index (Phi) is 3.05. The number of aryl methyl sites for hydroxylation is 1. The molecule has 0 unspecified atom stereocenters. The van der Waals surface area contributed by atoms with E-state index in [-0.39, 0.29) is 5.69 Å². The third-order valence-electron chi connectivity index (χ3n) is 2.01. The lowest BCUT2D eigenvalue weighted by Gasteiger charge is -2.02. The summed E-state index contributed by atoms with van der Waals surface area (Å²) in [4.78, 5) is 19.9. The van der Waals surface area contributed by atoms with Gasteiger partial charge >= 0.3 is 5.69 Å². The van der Waals surface area contributed by atoms with E-state index in [0.717, 1.165) is 5.56 Å². The lowest BCUT2D eigenvalue weighted by Crippen LogP contribution is -2.19. The standard InChI is InChI=1S/C11H11N3OS/c1-3-6-16-10-12-9-5-4-8(2)7-14(9)11(15)13-10/h3-5,7H,1,6H2,2H3. The number of hydrogen-bond donors (Lipinski definition) is 0. The summed E-state index contributed by atoms with van der Waals surface area (Å²) in [5, 5.41) is 0.494. The van der Waals surface area contributed by atoms with E-state index in [1.165, 1.54) is 16.2 Å². The van der Waals surface area contributed by atoms with Crippen LogP contribution in [0, 0.1) is 6.92 Å². The molecule has 2 rings (SSSR count). The smallest absolute Gasteiger partial charge is 0.251 e. The van der Waals surface area contributed by atoms with Gasteiger partial charge in [0, 0.05) is 11.9 Å². The highest BCUT2D eigenvalue weighted by Crippen LogP contribution is 2.11. The van der Waals surface area contributed by atoms with Gasteiger partial charge in [0.05, 0.1) is 0 Å². The Labute approximate surface area is 97.1 Å². The molecule has 16 heavy (non-hydrogen) atoms. The molecule has 0 aliphatic heterocycles. The Morgan fingerprint density at radius 2 is 2.31 bits per heavy atom. The Hall–Kier alpha value is -1.62. The summed E-state index contributed by atoms with van der Waals surface area (Å²) in [6, 6.07) is 3.74. The highest BCUT2D eigenvalue weighted by Gasteiger charge is 2.03. The molecule has 0 saturated heterocycles. The van der Waals surface area contributed by atoms with Gasteiger partial charge in [-0.15, -0.1) is 6.58 Å². The molecule has 0 spiro atoms. The maximum absolute atomic E-state index is 11.7. The Morgan fingerprint density at radius 1 is 1.50 bits per heavy atom. The normalized spacial score (nSPS) is 10.6. The predicted molar refractivity (Wildman–Crippen MR) is 64.9 cm³/mol. The van der Waals surface area contributed by atoms with E-state index in [2.05, 4.69) is 16.5 Å². The van der Waals surface area contributed by atoms with Crippen molar-refractivity contribution in [2.45, 2.75) is 12.1 Å². The second-order valence-electron chi connectivity index (χ2n) is 3.32. The molecule has 0 radical (unpaired) electrons. The molecule has 0 N–H and O–H groups in total. The molecule has 0 bridgehead atoms. The van der Waals surface area contributed by atoms with Crippen LogP contribution in [0.3, 0.4) is 0 Å². The van der Waals surface area contributed by atoms with E-state index >= 15 is 0 Å². The van der Waals surface area contributed by atoms with E-state index in [0.29, 0.717) is 16.6 Å². The fraction of sp³-hybridized carbons (Fsp3) is 0.182. The zero-order valence-corrected chi connectivity index (χ0v) is 9.70. The fourth-order valence-corrected chi connectivity index (χ4v) is 1.87. The summed E-state index contributed by atoms with van der Waals surface area (Å²) in [6.45, 7) is 5.54. The quantitative estimate of drug-likeness (QED) is 0.597. The van der Waals surface area contributed by atoms with E-state index in [1.54, 1.807) is 12.3 Å². The summed E-state index contributed by atoms with van der Waals surface area (Å²) in [6.07, 6.45) is 3.49. The molecule has 2 aromatic rings. The van der Waals surface area contributed by atoms with Crippen LogP contribution < -0.4 is 5.69 Å². The highest BCUT2D eigenvalue weighted by molar-refractivity contribution is 7.99. The third kappa shape index (κ3) is 2.14. The first-order valence-corrected chi connectivity index (χ1v) is 5.80. The topological polar surface area (TPSA) is 47.3 Å². The molecule has 82 valence electrons. The zero-order valence-electron chi connectivity index (χ0n) is 8.88. The molecule has 2 aromatic heterocycles. The number of hydrogen-bond acceptors (Lipinski definition) is 4. The zero-order chi connectivity index (χ0) is 11.5. The van der Waals surface area contributed by atoms with Crippen LogP contribution in [0.4, 0.5) is 0 Å². The van der Waals surface area contributed by atoms with Crippen LogP contribution >= 0.6 is 11.8 Å². The van der Waals surface area contributed by atoms with Crippen molar-refractivity contribution in [2.75, 3.05) is 5.75 Å². The minimum atomic E-state index is -0.291. The minimum Gasteiger partial charge on any atom is -0.251 e. The molecule has 0 aliphatic rings. The van der Waals surface area contributed by atoms with E-state index in [4.69, 9.17) is 0 Å². The van der Waals surface area contributed by atoms with Crippen LogP contribution in [0.15, 0.2) is 40.9 Å². The van der Waals surface area contributed by atoms with Gasteiger partial charge in [-0.1, -0.05) is 23.9 Å². The van der Waals surface area contributed by atoms with Gasteiger partial charge in [0.25, 0.3) is 0 Å². The van der Waals surface area contributed by atoms with Crippen molar-refractivity contribution in [2.24, 2.45) is 0 Å². The molecule has 0 atom stereocenters. The molecular formula is C11H11N3OS. The van der Waals surface area contributed by atoms with Gasteiger partial charge in [0.2, 0.25) is 0 Å². The summed E-state index contributed by atoms with van der Waals surface area (Å²) in [5.41, 5.74) is 1.34. The number of nitrogens with zero attached hydrogens (tertiary/aromatic N) is 3. The monoisotopic (exact) mass is 233 g/mol. The second-order valence-corrected chi connectivity index (χ2v) is 4.31. The number of thioether (sulfide) groups is 1. The first-order chi connectivity index (χ1) is 7.70. The summed E-state index contributed by atoms with van der Waals surface area (Å²) in [5.74, 6) is 0.696. The Morgan fingerprint density at radius 3 is 3.06 bits per heavy atom. The van der Waals surface area contributed by atoms with E-state index in [9.17, 15) is 4.79 Å². The third-order valence-corrected chi connectivity index (χ3v) is 2.86. The average molecular weight is 233 g/mol. The summed E-state index contributed by atoms with van der Waals surface area (Å²) in [7, 11) is 0. The van der Waals surface area contributed by atoms with Gasteiger partial charge in [0.15, 0.2) is 5.16 Å². The molecule has 0 aliphatic carbocycles. The van der Waals surface area contributed by atoms with Crippen molar-refractivity contribution < 1.29 is 0 Å². The largest absolute Gasteiger partial charge is 0.355 e. The number of pyridine rings is 1. The minimum absolute atomic E-state index is 0.291. The maximum Gasteiger partial charge on any atom is 0.355 e. The number of rotatable bonds is 3. The summed E-state index contributed by atoms with van der Waals surface area (Å²) >= 11 is 1.40. The molecule has 5 heteroatoms. The molecule has 0 fully saturated rings. The summed E-state index contributed by atoms with van der Waals surface area (Å²) < 4.78 is 1.45. The Balaban J connectivity index is 2.55. The SMILES string of the molecule is C=CCSc1nc(=O)n2cc(C)ccc2n1. The van der Waals surface area contributed by atoms with Gasteiger partial charge in [-0.05, 0) is 18.6 Å². The van der Waals surface area contributed by atoms with Crippen LogP contribution in [0.2, 0.25) is 0 Å². The molecule has 2 heterocycles. The maximum atomic E-state index is 11.7. The predicted octanol–water partition coefficient (Wildman–Crippen LogP) is 1.68. The van der Waals surface area contributed by atoms with Crippen LogP contribution in [0.1, 0.15) is 5.56 Å². The van der Waals surface area contributed by atoms with E-state index in [1.807, 2.05) is 19.1 Å². The Bertz CT molecular complexity index is 591. The van der Waals surface area contributed by atoms with Gasteiger partial charge in [-0.2, -0.15) is 4.98 Å². The van der Waals surface area contributed by atoms with Crippen LogP contribution in [0.25, 0.3) is 5.65 Å². The highest BCUT2D eigenvalue weighted by atomic mass is 32.2. The molecule has 0 aromatic carbocycles. The molecule has 0 amide bonds. The van der Waals surface area contributed by atoms with Gasteiger partial charge in [0.1, 0.15) is 5.65 Å². The van der Waals surface area contributed by atoms with Crippen molar-refractivity contribution in [3.63, 3.8) is 0 Å². The lowest BCUT2D eigenvalue weighted by atomic mass is 10.3. The average Bonchev–Trinajstić information content (AvgIpc) is 2.27. The van der Waals surface area contributed by atoms with Crippen LogP contribution in [-0.2, 0) is 0 Å². The van der Waals surface area contributed by atoms with Crippen molar-refractivity contribution in [3.05, 3.63) is 47.0 Å². The van der Waals surface area contributed by atoms with Crippen molar-refractivity contribution >= 4 is 17.4 Å². The first-order valence-electron chi connectivity index (χ1n) is 4.81. The van der Waals surface area contributed by atoms with Crippen LogP contribution in [-0.4, -0.2) is 20.1 Å². The molecule has 4 nitrogen and oxygen atoms in total. The van der Waals surface area contributed by atoms with Crippen LogP contribution in [0.5, 0.6) is 0 Å². The molecule has 0 saturated carbocycles. The second kappa shape index (κ2) is 4.49. The van der Waals surface area contributed by atoms with Gasteiger partial charge < -0.3 is 0 Å². The first kappa shape index (κ1) is 10.9.